The Morgan fingerprint density at radius 1 is 0.526 bits per heavy atom. The molecule has 0 N–H and O–H groups in total. The maximum atomic E-state index is 12.3. The highest BCUT2D eigenvalue weighted by molar-refractivity contribution is 4.97. The second-order valence-corrected chi connectivity index (χ2v) is 2.81. The Bertz CT molecular complexity index is 319. The number of halogens is 12. The fraction of sp³-hybridized carbons (Fsp3) is 1.00. The fourth-order valence-corrected chi connectivity index (χ4v) is 0.623. The molecule has 0 aliphatic carbocycles. The number of hydrogen-bond acceptors (Lipinski definition) is 2. The van der Waals surface area contributed by atoms with E-state index in [0.29, 0.717) is 0 Å². The molecule has 0 radical (unpaired) electrons. The summed E-state index contributed by atoms with van der Waals surface area (Å²) in [5.41, 5.74) is 0. The monoisotopic (exact) mass is 320 g/mol. The van der Waals surface area contributed by atoms with Crippen LogP contribution in [0.15, 0.2) is 0 Å². The van der Waals surface area contributed by atoms with Gasteiger partial charge in [-0.1, -0.05) is 0 Å². The minimum Gasteiger partial charge on any atom is -0.221 e. The first-order chi connectivity index (χ1) is 8.02. The number of hydrogen-bond donors (Lipinski definition) is 0. The van der Waals surface area contributed by atoms with Crippen molar-refractivity contribution in [1.29, 1.82) is 0 Å². The van der Waals surface area contributed by atoms with Crippen molar-refractivity contribution in [2.75, 3.05) is 0 Å². The molecule has 19 heavy (non-hydrogen) atoms. The molecule has 0 saturated heterocycles. The second kappa shape index (κ2) is 4.57. The summed E-state index contributed by atoms with van der Waals surface area (Å²) < 4.78 is 143. The highest BCUT2D eigenvalue weighted by Crippen LogP contribution is 2.54. The van der Waals surface area contributed by atoms with Gasteiger partial charge in [-0.25, -0.2) is 4.74 Å². The smallest absolute Gasteiger partial charge is 0.221 e. The summed E-state index contributed by atoms with van der Waals surface area (Å²) in [5.74, 6) is -14.8. The Morgan fingerprint density at radius 2 is 0.842 bits per heavy atom. The van der Waals surface area contributed by atoms with Gasteiger partial charge >= 0.3 is 30.4 Å². The molecule has 0 saturated carbocycles. The molecule has 0 aliphatic heterocycles. The van der Waals surface area contributed by atoms with E-state index in [1.54, 1.807) is 0 Å². The zero-order valence-corrected chi connectivity index (χ0v) is 7.85. The van der Waals surface area contributed by atoms with Crippen molar-refractivity contribution in [2.24, 2.45) is 0 Å². The molecule has 0 aromatic rings. The van der Waals surface area contributed by atoms with Crippen molar-refractivity contribution < 1.29 is 62.5 Å². The largest absolute Gasteiger partial charge is 0.527 e. The van der Waals surface area contributed by atoms with Gasteiger partial charge in [0.25, 0.3) is 0 Å². The Balaban J connectivity index is 5.59. The third kappa shape index (κ3) is 3.16. The van der Waals surface area contributed by atoms with Gasteiger partial charge in [-0.15, -0.1) is 18.1 Å². The Morgan fingerprint density at radius 3 is 1.11 bits per heavy atom. The van der Waals surface area contributed by atoms with Crippen LogP contribution in [0.25, 0.3) is 0 Å². The van der Waals surface area contributed by atoms with Crippen molar-refractivity contribution in [1.82, 2.24) is 0 Å². The average molecular weight is 320 g/mol. The molecule has 0 rings (SSSR count). The van der Waals surface area contributed by atoms with Crippen LogP contribution in [0.4, 0.5) is 52.8 Å². The predicted molar refractivity (Wildman–Crippen MR) is 29.1 cm³/mol. The number of rotatable bonds is 5. The summed E-state index contributed by atoms with van der Waals surface area (Å²) in [4.78, 5) is 1.08. The molecule has 116 valence electrons. The molecule has 0 spiro atoms. The number of ether oxygens (including phenoxy) is 1. The first-order valence-corrected chi connectivity index (χ1v) is 3.60. The Hall–Kier alpha value is -0.920. The van der Waals surface area contributed by atoms with E-state index in [1.165, 1.54) is 4.74 Å². The maximum absolute atomic E-state index is 12.3. The van der Waals surface area contributed by atoms with Crippen molar-refractivity contribution in [3.63, 3.8) is 0 Å². The molecule has 0 bridgehead atoms. The number of alkyl halides is 11. The van der Waals surface area contributed by atoms with Crippen LogP contribution in [0.1, 0.15) is 0 Å². The van der Waals surface area contributed by atoms with Crippen LogP contribution in [-0.4, -0.2) is 30.4 Å². The van der Waals surface area contributed by atoms with Crippen molar-refractivity contribution in [3.8, 4) is 0 Å². The molecule has 0 aromatic heterocycles. The maximum Gasteiger partial charge on any atom is 0.527 e. The molecule has 0 unspecified atom stereocenters. The molecule has 0 fully saturated rings. The third-order valence-corrected chi connectivity index (χ3v) is 1.47. The van der Waals surface area contributed by atoms with E-state index in [1.807, 2.05) is 0 Å². The zero-order valence-electron chi connectivity index (χ0n) is 7.85. The predicted octanol–water partition coefficient (Wildman–Crippen LogP) is 3.88. The van der Waals surface area contributed by atoms with E-state index >= 15 is 0 Å². The van der Waals surface area contributed by atoms with Gasteiger partial charge in [0.05, 0.1) is 0 Å². The summed E-state index contributed by atoms with van der Waals surface area (Å²) in [6, 6.07) is 0. The lowest BCUT2D eigenvalue weighted by Gasteiger charge is -2.34. The summed E-state index contributed by atoms with van der Waals surface area (Å²) in [6.45, 7) is 0. The highest BCUT2D eigenvalue weighted by atomic mass is 19.4. The lowest BCUT2D eigenvalue weighted by molar-refractivity contribution is -0.523. The van der Waals surface area contributed by atoms with Crippen LogP contribution in [0.5, 0.6) is 0 Å². The van der Waals surface area contributed by atoms with Crippen LogP contribution < -0.4 is 0 Å². The third-order valence-electron chi connectivity index (χ3n) is 1.47. The Labute approximate surface area is 94.3 Å². The first kappa shape index (κ1) is 18.1. The molecule has 0 heterocycles. The average Bonchev–Trinajstić information content (AvgIpc) is 2.12. The van der Waals surface area contributed by atoms with Gasteiger partial charge in [0.15, 0.2) is 0 Å². The van der Waals surface area contributed by atoms with Crippen LogP contribution in [0, 0.1) is 0 Å². The van der Waals surface area contributed by atoms with E-state index in [0.717, 1.165) is 4.94 Å². The van der Waals surface area contributed by atoms with E-state index < -0.39 is 30.4 Å². The Kier molecular flexibility index (Phi) is 4.35. The van der Waals surface area contributed by atoms with Gasteiger partial charge < -0.3 is 0 Å². The van der Waals surface area contributed by atoms with E-state index in [-0.39, 0.29) is 0 Å². The van der Waals surface area contributed by atoms with Crippen LogP contribution in [-0.2, 0) is 9.68 Å². The molecule has 0 aliphatic rings. The first-order valence-electron chi connectivity index (χ1n) is 3.60. The van der Waals surface area contributed by atoms with Crippen molar-refractivity contribution >= 4 is 0 Å². The van der Waals surface area contributed by atoms with E-state index in [9.17, 15) is 52.8 Å². The minimum absolute atomic E-state index is 1.08. The van der Waals surface area contributed by atoms with Gasteiger partial charge in [-0.05, 0) is 4.53 Å². The molecular weight excluding hydrogens is 320 g/mol. The molecule has 2 nitrogen and oxygen atoms in total. The molecule has 14 heteroatoms. The van der Waals surface area contributed by atoms with Crippen molar-refractivity contribution in [2.45, 2.75) is 30.4 Å². The molecule has 0 amide bonds. The van der Waals surface area contributed by atoms with Gasteiger partial charge in [-0.2, -0.15) is 35.1 Å². The standard InChI is InChI=1S/C5F12O2/c6-1(7,2(8,9)4(12,13)19-17)3(10,11)18-5(14,15)16. The van der Waals surface area contributed by atoms with Gasteiger partial charge in [0.1, 0.15) is 0 Å². The molecule has 0 atom stereocenters. The minimum atomic E-state index is -7.44. The lowest BCUT2D eigenvalue weighted by atomic mass is 10.1. The van der Waals surface area contributed by atoms with Crippen LogP contribution in [0.2, 0.25) is 0 Å². The molecular formula is C5F12O2. The normalized spacial score (nSPS) is 15.8. The lowest BCUT2D eigenvalue weighted by Crippen LogP contribution is -2.64. The summed E-state index contributed by atoms with van der Waals surface area (Å²) in [5, 5.41) is 0. The van der Waals surface area contributed by atoms with Crippen LogP contribution in [0.3, 0.4) is 0 Å². The van der Waals surface area contributed by atoms with E-state index in [4.69, 9.17) is 0 Å². The van der Waals surface area contributed by atoms with Crippen LogP contribution >= 0.6 is 0 Å². The van der Waals surface area contributed by atoms with Crippen molar-refractivity contribution in [3.05, 3.63) is 0 Å². The van der Waals surface area contributed by atoms with Gasteiger partial charge in [0, 0.05) is 0 Å². The fourth-order valence-electron chi connectivity index (χ4n) is 0.623. The highest BCUT2D eigenvalue weighted by Gasteiger charge is 2.84. The second-order valence-electron chi connectivity index (χ2n) is 2.81. The quantitative estimate of drug-likeness (QED) is 0.716. The zero-order chi connectivity index (χ0) is 15.9. The summed E-state index contributed by atoms with van der Waals surface area (Å²) in [6.07, 6.45) is -20.5. The SMILES string of the molecule is FOC(F)(F)C(F)(F)C(F)(F)C(F)(F)OC(F)(F)F. The van der Waals surface area contributed by atoms with Gasteiger partial charge in [-0.3, -0.25) is 0 Å². The molecule has 0 aromatic carbocycles. The topological polar surface area (TPSA) is 18.5 Å². The summed E-state index contributed by atoms with van der Waals surface area (Å²) >= 11 is 0. The van der Waals surface area contributed by atoms with E-state index in [2.05, 4.69) is 0 Å². The summed E-state index contributed by atoms with van der Waals surface area (Å²) in [7, 11) is 0. The van der Waals surface area contributed by atoms with Gasteiger partial charge in [0.2, 0.25) is 0 Å².